The van der Waals surface area contributed by atoms with E-state index < -0.39 is 5.91 Å². The number of carbonyl (C=O) groups is 1. The summed E-state index contributed by atoms with van der Waals surface area (Å²) in [6.45, 7) is 2.48. The number of ether oxygens (including phenoxy) is 2. The van der Waals surface area contributed by atoms with Crippen molar-refractivity contribution in [3.63, 3.8) is 0 Å². The second-order valence-corrected chi connectivity index (χ2v) is 4.59. The molecule has 0 saturated heterocycles. The van der Waals surface area contributed by atoms with Gasteiger partial charge in [0.1, 0.15) is 12.4 Å². The van der Waals surface area contributed by atoms with Crippen LogP contribution in [0, 0.1) is 6.92 Å². The fraction of sp³-hybridized carbons (Fsp3) is 0.267. The first-order valence-electron chi connectivity index (χ1n) is 6.69. The first kappa shape index (κ1) is 15.7. The summed E-state index contributed by atoms with van der Waals surface area (Å²) in [6.07, 6.45) is 0. The molecule has 2 rings (SSSR count). The van der Waals surface area contributed by atoms with Crippen LogP contribution in [0.15, 0.2) is 24.3 Å². The van der Waals surface area contributed by atoms with Gasteiger partial charge in [0, 0.05) is 12.7 Å². The Balaban J connectivity index is 2.54. The van der Waals surface area contributed by atoms with E-state index in [0.29, 0.717) is 35.9 Å². The molecule has 0 atom stereocenters. The van der Waals surface area contributed by atoms with E-state index in [-0.39, 0.29) is 11.5 Å². The second kappa shape index (κ2) is 6.86. The number of nitrogens with zero attached hydrogens (tertiary/aromatic N) is 2. The van der Waals surface area contributed by atoms with Crippen molar-refractivity contribution < 1.29 is 14.3 Å². The Morgan fingerprint density at radius 3 is 2.64 bits per heavy atom. The third-order valence-electron chi connectivity index (χ3n) is 3.04. The maximum absolute atomic E-state index is 11.7. The number of hydrogen-bond acceptors (Lipinski definition) is 6. The monoisotopic (exact) mass is 302 g/mol. The van der Waals surface area contributed by atoms with Crippen LogP contribution >= 0.6 is 0 Å². The van der Waals surface area contributed by atoms with E-state index in [9.17, 15) is 4.79 Å². The number of nitrogen functional groups attached to an aromatic ring is 1. The molecule has 0 fully saturated rings. The molecule has 0 aliphatic carbocycles. The summed E-state index contributed by atoms with van der Waals surface area (Å²) in [7, 11) is 1.59. The molecule has 0 spiro atoms. The summed E-state index contributed by atoms with van der Waals surface area (Å²) in [5, 5.41) is 0. The van der Waals surface area contributed by atoms with Gasteiger partial charge in [0.05, 0.1) is 23.6 Å². The molecule has 0 aliphatic rings. The molecule has 0 aliphatic heterocycles. The lowest BCUT2D eigenvalue weighted by Crippen LogP contribution is -2.17. The predicted octanol–water partition coefficient (Wildman–Crippen LogP) is 1.16. The number of aromatic nitrogens is 2. The summed E-state index contributed by atoms with van der Waals surface area (Å²) in [4.78, 5) is 19.9. The highest BCUT2D eigenvalue weighted by Crippen LogP contribution is 2.32. The fourth-order valence-electron chi connectivity index (χ4n) is 2.11. The number of anilines is 1. The maximum atomic E-state index is 11.7. The standard InChI is InChI=1S/C15H18N4O3/c1-9-12(14(16)20)13(19-15(17)18-9)10-5-3-4-6-11(10)22-8-7-21-2/h3-6H,7-8H2,1-2H3,(H2,16,20)(H2,17,18,19). The Morgan fingerprint density at radius 1 is 1.23 bits per heavy atom. The predicted molar refractivity (Wildman–Crippen MR) is 82.5 cm³/mol. The minimum Gasteiger partial charge on any atom is -0.490 e. The first-order valence-corrected chi connectivity index (χ1v) is 6.69. The van der Waals surface area contributed by atoms with Crippen molar-refractivity contribution in [3.8, 4) is 17.0 Å². The van der Waals surface area contributed by atoms with Crippen LogP contribution in [0.3, 0.4) is 0 Å². The first-order chi connectivity index (χ1) is 10.5. The van der Waals surface area contributed by atoms with Crippen LogP contribution in [-0.2, 0) is 4.74 Å². The molecule has 1 amide bonds. The van der Waals surface area contributed by atoms with Gasteiger partial charge in [-0.15, -0.1) is 0 Å². The largest absolute Gasteiger partial charge is 0.490 e. The van der Waals surface area contributed by atoms with Crippen molar-refractivity contribution in [1.82, 2.24) is 9.97 Å². The molecule has 1 heterocycles. The number of primary amides is 1. The highest BCUT2D eigenvalue weighted by molar-refractivity contribution is 6.00. The Bertz CT molecular complexity index is 688. The van der Waals surface area contributed by atoms with Crippen LogP contribution < -0.4 is 16.2 Å². The minimum atomic E-state index is -0.612. The van der Waals surface area contributed by atoms with Crippen molar-refractivity contribution in [2.45, 2.75) is 6.92 Å². The van der Waals surface area contributed by atoms with E-state index in [1.807, 2.05) is 12.1 Å². The molecular formula is C15H18N4O3. The normalized spacial score (nSPS) is 10.5. The topological polar surface area (TPSA) is 113 Å². The molecule has 0 radical (unpaired) electrons. The Morgan fingerprint density at radius 2 is 1.95 bits per heavy atom. The van der Waals surface area contributed by atoms with Gasteiger partial charge < -0.3 is 20.9 Å². The molecule has 7 nitrogen and oxygen atoms in total. The van der Waals surface area contributed by atoms with Crippen molar-refractivity contribution in [2.75, 3.05) is 26.1 Å². The van der Waals surface area contributed by atoms with E-state index >= 15 is 0 Å². The molecule has 2 aromatic rings. The number of nitrogens with two attached hydrogens (primary N) is 2. The Labute approximate surface area is 128 Å². The van der Waals surface area contributed by atoms with Crippen molar-refractivity contribution in [2.24, 2.45) is 5.73 Å². The van der Waals surface area contributed by atoms with Gasteiger partial charge in [-0.25, -0.2) is 9.97 Å². The number of rotatable bonds is 6. The van der Waals surface area contributed by atoms with E-state index in [1.165, 1.54) is 0 Å². The van der Waals surface area contributed by atoms with Gasteiger partial charge in [-0.1, -0.05) is 12.1 Å². The SMILES string of the molecule is COCCOc1ccccc1-c1nc(N)nc(C)c1C(N)=O. The van der Waals surface area contributed by atoms with Crippen LogP contribution in [-0.4, -0.2) is 36.2 Å². The summed E-state index contributed by atoms with van der Waals surface area (Å²) >= 11 is 0. The van der Waals surface area contributed by atoms with Crippen molar-refractivity contribution in [3.05, 3.63) is 35.5 Å². The summed E-state index contributed by atoms with van der Waals surface area (Å²) in [5.74, 6) is 0.0305. The molecule has 1 aromatic carbocycles. The van der Waals surface area contributed by atoms with Crippen LogP contribution in [0.4, 0.5) is 5.95 Å². The number of aryl methyl sites for hydroxylation is 1. The number of benzene rings is 1. The molecule has 116 valence electrons. The highest BCUT2D eigenvalue weighted by Gasteiger charge is 2.19. The van der Waals surface area contributed by atoms with Gasteiger partial charge in [-0.3, -0.25) is 4.79 Å². The smallest absolute Gasteiger partial charge is 0.252 e. The van der Waals surface area contributed by atoms with Gasteiger partial charge in [-0.05, 0) is 19.1 Å². The van der Waals surface area contributed by atoms with E-state index in [4.69, 9.17) is 20.9 Å². The molecule has 4 N–H and O–H groups in total. The van der Waals surface area contributed by atoms with Crippen LogP contribution in [0.2, 0.25) is 0 Å². The molecule has 0 bridgehead atoms. The van der Waals surface area contributed by atoms with E-state index in [0.717, 1.165) is 0 Å². The van der Waals surface area contributed by atoms with E-state index in [2.05, 4.69) is 9.97 Å². The number of amides is 1. The second-order valence-electron chi connectivity index (χ2n) is 4.59. The maximum Gasteiger partial charge on any atom is 0.252 e. The molecular weight excluding hydrogens is 284 g/mol. The minimum absolute atomic E-state index is 0.0733. The van der Waals surface area contributed by atoms with Gasteiger partial charge >= 0.3 is 0 Å². The fourth-order valence-corrected chi connectivity index (χ4v) is 2.11. The highest BCUT2D eigenvalue weighted by atomic mass is 16.5. The average Bonchev–Trinajstić information content (AvgIpc) is 2.46. The zero-order chi connectivity index (χ0) is 16.1. The van der Waals surface area contributed by atoms with E-state index in [1.54, 1.807) is 26.2 Å². The summed E-state index contributed by atoms with van der Waals surface area (Å²) in [5.41, 5.74) is 12.8. The number of carbonyl (C=O) groups excluding carboxylic acids is 1. The zero-order valence-corrected chi connectivity index (χ0v) is 12.5. The van der Waals surface area contributed by atoms with Gasteiger partial charge in [0.15, 0.2) is 0 Å². The number of para-hydroxylation sites is 1. The molecule has 1 aromatic heterocycles. The summed E-state index contributed by atoms with van der Waals surface area (Å²) in [6, 6.07) is 7.21. The lowest BCUT2D eigenvalue weighted by atomic mass is 10.0. The average molecular weight is 302 g/mol. The lowest BCUT2D eigenvalue weighted by Gasteiger charge is -2.14. The van der Waals surface area contributed by atoms with Crippen molar-refractivity contribution >= 4 is 11.9 Å². The van der Waals surface area contributed by atoms with Crippen LogP contribution in [0.25, 0.3) is 11.3 Å². The Kier molecular flexibility index (Phi) is 4.90. The third-order valence-corrected chi connectivity index (χ3v) is 3.04. The number of methoxy groups -OCH3 is 1. The number of hydrogen-bond donors (Lipinski definition) is 2. The molecule has 7 heteroatoms. The quantitative estimate of drug-likeness (QED) is 0.774. The van der Waals surface area contributed by atoms with Crippen LogP contribution in [0.5, 0.6) is 5.75 Å². The molecule has 22 heavy (non-hydrogen) atoms. The Hall–Kier alpha value is -2.67. The van der Waals surface area contributed by atoms with Gasteiger partial charge in [-0.2, -0.15) is 0 Å². The third kappa shape index (κ3) is 3.32. The van der Waals surface area contributed by atoms with Crippen molar-refractivity contribution in [1.29, 1.82) is 0 Å². The van der Waals surface area contributed by atoms with Crippen LogP contribution in [0.1, 0.15) is 16.1 Å². The molecule has 0 unspecified atom stereocenters. The zero-order valence-electron chi connectivity index (χ0n) is 12.5. The van der Waals surface area contributed by atoms with Gasteiger partial charge in [0.2, 0.25) is 5.95 Å². The lowest BCUT2D eigenvalue weighted by molar-refractivity contribution is 0.0999. The van der Waals surface area contributed by atoms with Gasteiger partial charge in [0.25, 0.3) is 5.91 Å². The molecule has 0 saturated carbocycles. The summed E-state index contributed by atoms with van der Waals surface area (Å²) < 4.78 is 10.6.